The van der Waals surface area contributed by atoms with Crippen molar-refractivity contribution >= 4 is 6.16 Å². The van der Waals surface area contributed by atoms with Gasteiger partial charge in [-0.25, -0.2) is 4.79 Å². The molecular weight excluding hydrogens is 328 g/mol. The first-order valence-electron chi connectivity index (χ1n) is 11.0. The van der Waals surface area contributed by atoms with Crippen LogP contribution in [0.2, 0.25) is 0 Å². The number of rotatable bonds is 8. The molecule has 2 rings (SSSR count). The predicted molar refractivity (Wildman–Crippen MR) is 104 cm³/mol. The third-order valence-corrected chi connectivity index (χ3v) is 7.05. The van der Waals surface area contributed by atoms with Crippen LogP contribution in [0.4, 0.5) is 4.79 Å². The van der Waals surface area contributed by atoms with Gasteiger partial charge in [0, 0.05) is 6.61 Å². The van der Waals surface area contributed by atoms with Gasteiger partial charge in [-0.05, 0) is 81.5 Å². The summed E-state index contributed by atoms with van der Waals surface area (Å²) in [5.74, 6) is 2.37. The molecule has 0 spiro atoms. The van der Waals surface area contributed by atoms with Crippen LogP contribution in [-0.2, 0) is 9.47 Å². The van der Waals surface area contributed by atoms with Crippen molar-refractivity contribution in [3.05, 3.63) is 0 Å². The lowest BCUT2D eigenvalue weighted by atomic mass is 9.75. The molecule has 1 N–H and O–H groups in total. The number of hydrogen-bond acceptors (Lipinski definition) is 4. The minimum absolute atomic E-state index is 0.308. The molecule has 0 aromatic heterocycles. The van der Waals surface area contributed by atoms with E-state index in [1.54, 1.807) is 0 Å². The molecule has 0 bridgehead atoms. The van der Waals surface area contributed by atoms with E-state index in [0.717, 1.165) is 63.7 Å². The van der Waals surface area contributed by atoms with E-state index in [1.807, 2.05) is 0 Å². The monoisotopic (exact) mass is 368 g/mol. The molecule has 26 heavy (non-hydrogen) atoms. The second kappa shape index (κ2) is 10.5. The van der Waals surface area contributed by atoms with Crippen molar-refractivity contribution in [2.75, 3.05) is 13.2 Å². The second-order valence-electron chi connectivity index (χ2n) is 8.95. The van der Waals surface area contributed by atoms with Crippen molar-refractivity contribution in [1.82, 2.24) is 0 Å². The zero-order valence-corrected chi connectivity index (χ0v) is 17.2. The second-order valence-corrected chi connectivity index (χ2v) is 8.95. The Balaban J connectivity index is 1.79. The first kappa shape index (κ1) is 21.5. The Morgan fingerprint density at radius 2 is 1.46 bits per heavy atom. The number of aliphatic hydroxyl groups excluding tert-OH is 1. The van der Waals surface area contributed by atoms with Crippen molar-refractivity contribution in [3.63, 3.8) is 0 Å². The van der Waals surface area contributed by atoms with Gasteiger partial charge in [0.25, 0.3) is 0 Å². The maximum Gasteiger partial charge on any atom is 0.508 e. The van der Waals surface area contributed by atoms with E-state index in [-0.39, 0.29) is 0 Å². The third kappa shape index (κ3) is 6.44. The molecule has 0 saturated heterocycles. The van der Waals surface area contributed by atoms with E-state index >= 15 is 0 Å². The Kier molecular flexibility index (Phi) is 8.72. The Hall–Kier alpha value is -0.770. The normalized spacial score (nSPS) is 30.0. The van der Waals surface area contributed by atoms with Crippen LogP contribution in [0.15, 0.2) is 0 Å². The standard InChI is InChI=1S/C22H40O4/c1-4-22(5-2,14-18-10-12-19(15-23)13-11-18)26-21(24)25-16-20-8-6-17(3)7-9-20/h17-20,23H,4-16H2,1-3H3. The SMILES string of the molecule is CCC(CC)(CC1CCC(CO)CC1)OC(=O)OCC1CCC(C)CC1. The summed E-state index contributed by atoms with van der Waals surface area (Å²) in [5, 5.41) is 9.32. The van der Waals surface area contributed by atoms with E-state index in [1.165, 1.54) is 12.8 Å². The predicted octanol–water partition coefficient (Wildman–Crippen LogP) is 5.71. The molecule has 0 aliphatic heterocycles. The van der Waals surface area contributed by atoms with Crippen molar-refractivity contribution in [2.24, 2.45) is 23.7 Å². The molecular formula is C22H40O4. The highest BCUT2D eigenvalue weighted by Crippen LogP contribution is 2.38. The van der Waals surface area contributed by atoms with Crippen LogP contribution in [0.25, 0.3) is 0 Å². The van der Waals surface area contributed by atoms with Crippen molar-refractivity contribution in [2.45, 2.75) is 97.0 Å². The first-order chi connectivity index (χ1) is 12.5. The van der Waals surface area contributed by atoms with Gasteiger partial charge < -0.3 is 14.6 Å². The Morgan fingerprint density at radius 3 is 2.00 bits per heavy atom. The third-order valence-electron chi connectivity index (χ3n) is 7.05. The molecule has 152 valence electrons. The lowest BCUT2D eigenvalue weighted by Crippen LogP contribution is -2.37. The number of ether oxygens (including phenoxy) is 2. The average Bonchev–Trinajstić information content (AvgIpc) is 2.67. The Morgan fingerprint density at radius 1 is 0.923 bits per heavy atom. The first-order valence-corrected chi connectivity index (χ1v) is 11.0. The fraction of sp³-hybridized carbons (Fsp3) is 0.955. The van der Waals surface area contributed by atoms with Gasteiger partial charge in [0.05, 0.1) is 6.61 Å². The Bertz CT molecular complexity index is 402. The largest absolute Gasteiger partial charge is 0.508 e. The smallest absolute Gasteiger partial charge is 0.434 e. The highest BCUT2D eigenvalue weighted by atomic mass is 16.7. The number of aliphatic hydroxyl groups is 1. The lowest BCUT2D eigenvalue weighted by Gasteiger charge is -2.37. The van der Waals surface area contributed by atoms with E-state index in [4.69, 9.17) is 9.47 Å². The summed E-state index contributed by atoms with van der Waals surface area (Å²) < 4.78 is 11.4. The molecule has 0 unspecified atom stereocenters. The van der Waals surface area contributed by atoms with Gasteiger partial charge in [0.15, 0.2) is 0 Å². The molecule has 2 fully saturated rings. The molecule has 4 nitrogen and oxygen atoms in total. The highest BCUT2D eigenvalue weighted by Gasteiger charge is 2.36. The van der Waals surface area contributed by atoms with Crippen molar-refractivity contribution in [3.8, 4) is 0 Å². The highest BCUT2D eigenvalue weighted by molar-refractivity contribution is 5.60. The van der Waals surface area contributed by atoms with Crippen LogP contribution < -0.4 is 0 Å². The summed E-state index contributed by atoms with van der Waals surface area (Å²) in [5.41, 5.74) is -0.394. The van der Waals surface area contributed by atoms with E-state index in [9.17, 15) is 9.90 Å². The topological polar surface area (TPSA) is 55.8 Å². The van der Waals surface area contributed by atoms with Gasteiger partial charge in [-0.15, -0.1) is 0 Å². The minimum Gasteiger partial charge on any atom is -0.434 e. The Labute approximate surface area is 160 Å². The zero-order valence-electron chi connectivity index (χ0n) is 17.2. The number of hydrogen-bond donors (Lipinski definition) is 1. The quantitative estimate of drug-likeness (QED) is 0.557. The maximum absolute atomic E-state index is 12.3. The van der Waals surface area contributed by atoms with E-state index in [2.05, 4.69) is 20.8 Å². The van der Waals surface area contributed by atoms with Crippen LogP contribution >= 0.6 is 0 Å². The maximum atomic E-state index is 12.3. The van der Waals surface area contributed by atoms with Crippen molar-refractivity contribution in [1.29, 1.82) is 0 Å². The summed E-state index contributed by atoms with van der Waals surface area (Å²) in [6, 6.07) is 0. The van der Waals surface area contributed by atoms with Gasteiger partial charge >= 0.3 is 6.16 Å². The molecule has 2 aliphatic carbocycles. The van der Waals surface area contributed by atoms with Gasteiger partial charge in [-0.1, -0.05) is 33.6 Å². The molecule has 0 aromatic rings. The van der Waals surface area contributed by atoms with Gasteiger partial charge in [-0.2, -0.15) is 0 Å². The fourth-order valence-electron chi connectivity index (χ4n) is 4.76. The van der Waals surface area contributed by atoms with Crippen LogP contribution in [0.3, 0.4) is 0 Å². The molecule has 2 saturated carbocycles. The van der Waals surface area contributed by atoms with Gasteiger partial charge in [-0.3, -0.25) is 0 Å². The zero-order chi connectivity index (χ0) is 19.0. The van der Waals surface area contributed by atoms with Crippen LogP contribution in [0.1, 0.15) is 91.4 Å². The fourth-order valence-corrected chi connectivity index (χ4v) is 4.76. The molecule has 4 heteroatoms. The van der Waals surface area contributed by atoms with E-state index < -0.39 is 11.8 Å². The molecule has 0 amide bonds. The summed E-state index contributed by atoms with van der Waals surface area (Å²) in [6.07, 6.45) is 11.4. The van der Waals surface area contributed by atoms with E-state index in [0.29, 0.717) is 31.0 Å². The van der Waals surface area contributed by atoms with Crippen LogP contribution in [-0.4, -0.2) is 30.1 Å². The van der Waals surface area contributed by atoms with Crippen LogP contribution in [0.5, 0.6) is 0 Å². The van der Waals surface area contributed by atoms with Gasteiger partial charge in [0.1, 0.15) is 5.60 Å². The summed E-state index contributed by atoms with van der Waals surface area (Å²) in [6.45, 7) is 7.34. The number of carbonyl (C=O) groups is 1. The summed E-state index contributed by atoms with van der Waals surface area (Å²) in [7, 11) is 0. The summed E-state index contributed by atoms with van der Waals surface area (Å²) in [4.78, 5) is 12.3. The summed E-state index contributed by atoms with van der Waals surface area (Å²) >= 11 is 0. The number of carbonyl (C=O) groups excluding carboxylic acids is 1. The molecule has 0 radical (unpaired) electrons. The minimum atomic E-state index is -0.476. The average molecular weight is 369 g/mol. The van der Waals surface area contributed by atoms with Crippen molar-refractivity contribution < 1.29 is 19.4 Å². The van der Waals surface area contributed by atoms with Crippen LogP contribution in [0, 0.1) is 23.7 Å². The van der Waals surface area contributed by atoms with Gasteiger partial charge in [0.2, 0.25) is 0 Å². The molecule has 0 atom stereocenters. The molecule has 0 aromatic carbocycles. The lowest BCUT2D eigenvalue weighted by molar-refractivity contribution is -0.0608. The molecule has 0 heterocycles. The molecule has 2 aliphatic rings.